The van der Waals surface area contributed by atoms with E-state index < -0.39 is 0 Å². The Bertz CT molecular complexity index is 387. The van der Waals surface area contributed by atoms with Crippen molar-refractivity contribution in [1.82, 2.24) is 0 Å². The number of rotatable bonds is 3. The van der Waals surface area contributed by atoms with Gasteiger partial charge in [0.25, 0.3) is 0 Å². The van der Waals surface area contributed by atoms with E-state index in [1.165, 1.54) is 37.7 Å². The molecule has 0 saturated carbocycles. The van der Waals surface area contributed by atoms with Gasteiger partial charge in [0.15, 0.2) is 0 Å². The summed E-state index contributed by atoms with van der Waals surface area (Å²) in [5.41, 5.74) is 6.52. The second-order valence-corrected chi connectivity index (χ2v) is 6.15. The molecule has 0 spiro atoms. The average molecular weight is 230 g/mol. The third-order valence-corrected chi connectivity index (χ3v) is 4.27. The van der Waals surface area contributed by atoms with Gasteiger partial charge in [-0.15, -0.1) is 0 Å². The summed E-state index contributed by atoms with van der Waals surface area (Å²) in [7, 11) is 0. The van der Waals surface area contributed by atoms with Gasteiger partial charge in [-0.1, -0.05) is 32.9 Å². The largest absolute Gasteiger partial charge is 0.0628 e. The van der Waals surface area contributed by atoms with Crippen molar-refractivity contribution < 1.29 is 0 Å². The normalized spacial score (nSPS) is 19.5. The van der Waals surface area contributed by atoms with Crippen LogP contribution in [-0.2, 0) is 12.8 Å². The van der Waals surface area contributed by atoms with Crippen LogP contribution >= 0.6 is 0 Å². The van der Waals surface area contributed by atoms with E-state index in [0.29, 0.717) is 0 Å². The molecule has 1 aliphatic carbocycles. The topological polar surface area (TPSA) is 0 Å². The maximum absolute atomic E-state index is 2.39. The van der Waals surface area contributed by atoms with Crippen molar-refractivity contribution in [2.24, 2.45) is 5.92 Å². The number of hydrogen-bond acceptors (Lipinski definition) is 0. The molecule has 0 heterocycles. The van der Waals surface area contributed by atoms with Crippen molar-refractivity contribution in [3.8, 4) is 0 Å². The Hall–Kier alpha value is -0.780. The van der Waals surface area contributed by atoms with Crippen LogP contribution in [0.3, 0.4) is 0 Å². The quantitative estimate of drug-likeness (QED) is 0.683. The first-order valence-corrected chi connectivity index (χ1v) is 7.21. The highest BCUT2D eigenvalue weighted by molar-refractivity contribution is 5.43. The van der Waals surface area contributed by atoms with Crippen molar-refractivity contribution in [3.05, 3.63) is 34.4 Å². The number of hydrogen-bond donors (Lipinski definition) is 0. The zero-order valence-electron chi connectivity index (χ0n) is 11.8. The Morgan fingerprint density at radius 3 is 2.76 bits per heavy atom. The molecule has 0 bridgehead atoms. The lowest BCUT2D eigenvalue weighted by molar-refractivity contribution is 0.564. The van der Waals surface area contributed by atoms with Gasteiger partial charge in [0.05, 0.1) is 0 Å². The van der Waals surface area contributed by atoms with Crippen molar-refractivity contribution in [1.29, 1.82) is 0 Å². The first kappa shape index (κ1) is 12.7. The van der Waals surface area contributed by atoms with E-state index in [1.54, 1.807) is 16.7 Å². The minimum absolute atomic E-state index is 0.775. The Labute approximate surface area is 106 Å². The molecule has 1 aromatic rings. The zero-order valence-corrected chi connectivity index (χ0v) is 11.8. The van der Waals surface area contributed by atoms with Crippen LogP contribution in [0.25, 0.3) is 0 Å². The standard InChI is InChI=1S/C17H26/c1-12(2)8-10-15-14(4)9-11-16-13(3)6-5-7-17(15)16/h9,11-13H,5-8,10H2,1-4H3. The predicted molar refractivity (Wildman–Crippen MR) is 75.7 cm³/mol. The van der Waals surface area contributed by atoms with Gasteiger partial charge in [-0.05, 0) is 73.1 Å². The lowest BCUT2D eigenvalue weighted by Crippen LogP contribution is -2.11. The van der Waals surface area contributed by atoms with Crippen LogP contribution in [-0.4, -0.2) is 0 Å². The summed E-state index contributed by atoms with van der Waals surface area (Å²) in [5.74, 6) is 1.59. The number of aryl methyl sites for hydroxylation is 1. The average Bonchev–Trinajstić information content (AvgIpc) is 2.27. The molecule has 2 rings (SSSR count). The number of fused-ring (bicyclic) bond motifs is 1. The Morgan fingerprint density at radius 1 is 1.29 bits per heavy atom. The van der Waals surface area contributed by atoms with Gasteiger partial charge in [0.1, 0.15) is 0 Å². The molecule has 0 amide bonds. The molecule has 1 aromatic carbocycles. The van der Waals surface area contributed by atoms with Crippen molar-refractivity contribution in [3.63, 3.8) is 0 Å². The molecule has 0 radical (unpaired) electrons. The molecule has 1 unspecified atom stereocenters. The Kier molecular flexibility index (Phi) is 3.91. The molecule has 1 atom stereocenters. The molecule has 17 heavy (non-hydrogen) atoms. The lowest BCUT2D eigenvalue weighted by atomic mass is 9.79. The SMILES string of the molecule is Cc1ccc2c(c1CCC(C)C)CCCC2C. The highest BCUT2D eigenvalue weighted by Gasteiger charge is 2.19. The van der Waals surface area contributed by atoms with E-state index in [0.717, 1.165) is 11.8 Å². The molecule has 1 aliphatic rings. The Morgan fingerprint density at radius 2 is 2.06 bits per heavy atom. The van der Waals surface area contributed by atoms with Crippen molar-refractivity contribution in [2.45, 2.75) is 65.7 Å². The monoisotopic (exact) mass is 230 g/mol. The van der Waals surface area contributed by atoms with E-state index in [4.69, 9.17) is 0 Å². The van der Waals surface area contributed by atoms with Gasteiger partial charge in [-0.2, -0.15) is 0 Å². The van der Waals surface area contributed by atoms with Crippen LogP contribution in [0.1, 0.15) is 68.2 Å². The van der Waals surface area contributed by atoms with Crippen LogP contribution in [0.5, 0.6) is 0 Å². The summed E-state index contributed by atoms with van der Waals surface area (Å²) >= 11 is 0. The molecule has 0 fully saturated rings. The molecule has 0 aliphatic heterocycles. The maximum Gasteiger partial charge on any atom is -0.0187 e. The van der Waals surface area contributed by atoms with E-state index in [2.05, 4.69) is 39.8 Å². The van der Waals surface area contributed by atoms with Crippen LogP contribution in [0.4, 0.5) is 0 Å². The fourth-order valence-electron chi connectivity index (χ4n) is 3.11. The molecule has 0 heteroatoms. The van der Waals surface area contributed by atoms with Crippen molar-refractivity contribution >= 4 is 0 Å². The second kappa shape index (κ2) is 5.25. The predicted octanol–water partition coefficient (Wildman–Crippen LogP) is 5.02. The summed E-state index contributed by atoms with van der Waals surface area (Å²) in [6.45, 7) is 9.33. The summed E-state index contributed by atoms with van der Waals surface area (Å²) in [5, 5.41) is 0. The van der Waals surface area contributed by atoms with Crippen LogP contribution in [0.15, 0.2) is 12.1 Å². The molecular weight excluding hydrogens is 204 g/mol. The third-order valence-electron chi connectivity index (χ3n) is 4.27. The minimum atomic E-state index is 0.775. The van der Waals surface area contributed by atoms with Crippen LogP contribution in [0.2, 0.25) is 0 Å². The zero-order chi connectivity index (χ0) is 12.4. The van der Waals surface area contributed by atoms with E-state index in [-0.39, 0.29) is 0 Å². The molecule has 94 valence electrons. The highest BCUT2D eigenvalue weighted by atomic mass is 14.2. The summed E-state index contributed by atoms with van der Waals surface area (Å²) in [4.78, 5) is 0. The summed E-state index contributed by atoms with van der Waals surface area (Å²) in [6, 6.07) is 4.73. The fraction of sp³-hybridized carbons (Fsp3) is 0.647. The van der Waals surface area contributed by atoms with Gasteiger partial charge in [-0.3, -0.25) is 0 Å². The summed E-state index contributed by atoms with van der Waals surface area (Å²) < 4.78 is 0. The van der Waals surface area contributed by atoms with Crippen LogP contribution < -0.4 is 0 Å². The first-order valence-electron chi connectivity index (χ1n) is 7.21. The van der Waals surface area contributed by atoms with Gasteiger partial charge in [-0.25, -0.2) is 0 Å². The van der Waals surface area contributed by atoms with Gasteiger partial charge < -0.3 is 0 Å². The van der Waals surface area contributed by atoms with E-state index >= 15 is 0 Å². The minimum Gasteiger partial charge on any atom is -0.0628 e. The molecule has 0 N–H and O–H groups in total. The lowest BCUT2D eigenvalue weighted by Gasteiger charge is -2.26. The van der Waals surface area contributed by atoms with Gasteiger partial charge in [0, 0.05) is 0 Å². The van der Waals surface area contributed by atoms with Gasteiger partial charge >= 0.3 is 0 Å². The smallest absolute Gasteiger partial charge is 0.0187 e. The third kappa shape index (κ3) is 2.73. The Balaban J connectivity index is 2.32. The van der Waals surface area contributed by atoms with Crippen LogP contribution in [0, 0.1) is 12.8 Å². The first-order chi connectivity index (χ1) is 8.09. The second-order valence-electron chi connectivity index (χ2n) is 6.15. The maximum atomic E-state index is 2.39. The highest BCUT2D eigenvalue weighted by Crippen LogP contribution is 2.35. The number of benzene rings is 1. The fourth-order valence-corrected chi connectivity index (χ4v) is 3.11. The van der Waals surface area contributed by atoms with E-state index in [1.807, 2.05) is 0 Å². The molecule has 0 aromatic heterocycles. The van der Waals surface area contributed by atoms with Gasteiger partial charge in [0.2, 0.25) is 0 Å². The van der Waals surface area contributed by atoms with Crippen molar-refractivity contribution in [2.75, 3.05) is 0 Å². The molecule has 0 nitrogen and oxygen atoms in total. The molecular formula is C17H26. The molecule has 0 saturated heterocycles. The summed E-state index contributed by atoms with van der Waals surface area (Å²) in [6.07, 6.45) is 6.67. The van der Waals surface area contributed by atoms with E-state index in [9.17, 15) is 0 Å².